The quantitative estimate of drug-likeness (QED) is 0.786. The molecule has 0 aliphatic heterocycles. The molecule has 3 heteroatoms. The van der Waals surface area contributed by atoms with Crippen molar-refractivity contribution in [1.29, 1.82) is 5.26 Å². The fourth-order valence-corrected chi connectivity index (χ4v) is 2.22. The molecular weight excluding hydrogens is 210 g/mol. The molecule has 0 saturated carbocycles. The normalized spacial score (nSPS) is 14.5. The SMILES string of the molecule is CCCN(CCC)C(C)(C#N)Cc1ccc[nH]1. The van der Waals surface area contributed by atoms with E-state index in [1.165, 1.54) is 0 Å². The molecular formula is C14H23N3. The van der Waals surface area contributed by atoms with Gasteiger partial charge in [-0.15, -0.1) is 0 Å². The predicted octanol–water partition coefficient (Wildman–Crippen LogP) is 2.96. The maximum atomic E-state index is 9.50. The molecule has 1 atom stereocenters. The first kappa shape index (κ1) is 13.8. The first-order valence-electron chi connectivity index (χ1n) is 6.45. The summed E-state index contributed by atoms with van der Waals surface area (Å²) in [5.41, 5.74) is 0.725. The van der Waals surface area contributed by atoms with Gasteiger partial charge in [0.1, 0.15) is 5.54 Å². The summed E-state index contributed by atoms with van der Waals surface area (Å²) >= 11 is 0. The molecule has 1 unspecified atom stereocenters. The summed E-state index contributed by atoms with van der Waals surface area (Å²) in [6.45, 7) is 8.33. The maximum Gasteiger partial charge on any atom is 0.111 e. The summed E-state index contributed by atoms with van der Waals surface area (Å²) in [6, 6.07) is 6.52. The van der Waals surface area contributed by atoms with Gasteiger partial charge in [-0.05, 0) is 45.0 Å². The van der Waals surface area contributed by atoms with E-state index in [4.69, 9.17) is 0 Å². The lowest BCUT2D eigenvalue weighted by Gasteiger charge is -2.35. The molecule has 3 nitrogen and oxygen atoms in total. The Bertz CT molecular complexity index is 344. The molecule has 1 N–H and O–H groups in total. The number of H-pyrrole nitrogens is 1. The van der Waals surface area contributed by atoms with Gasteiger partial charge >= 0.3 is 0 Å². The fourth-order valence-electron chi connectivity index (χ4n) is 2.22. The number of aromatic amines is 1. The lowest BCUT2D eigenvalue weighted by Crippen LogP contribution is -2.47. The van der Waals surface area contributed by atoms with Crippen molar-refractivity contribution in [2.75, 3.05) is 13.1 Å². The Kier molecular flexibility index (Phi) is 5.24. The van der Waals surface area contributed by atoms with E-state index in [1.54, 1.807) is 0 Å². The molecule has 17 heavy (non-hydrogen) atoms. The summed E-state index contributed by atoms with van der Waals surface area (Å²) in [5.74, 6) is 0. The highest BCUT2D eigenvalue weighted by molar-refractivity contribution is 5.15. The summed E-state index contributed by atoms with van der Waals surface area (Å²) in [4.78, 5) is 5.49. The van der Waals surface area contributed by atoms with E-state index in [1.807, 2.05) is 25.3 Å². The Morgan fingerprint density at radius 3 is 2.41 bits per heavy atom. The second kappa shape index (κ2) is 6.46. The van der Waals surface area contributed by atoms with E-state index in [-0.39, 0.29) is 0 Å². The van der Waals surface area contributed by atoms with Gasteiger partial charge in [0, 0.05) is 18.3 Å². The highest BCUT2D eigenvalue weighted by Gasteiger charge is 2.31. The Morgan fingerprint density at radius 1 is 1.35 bits per heavy atom. The standard InChI is InChI=1S/C14H23N3/c1-4-9-17(10-5-2)14(3,12-15)11-13-7-6-8-16-13/h6-8,16H,4-5,9-11H2,1-3H3. The van der Waals surface area contributed by atoms with Crippen LogP contribution in [0.1, 0.15) is 39.3 Å². The van der Waals surface area contributed by atoms with Crippen LogP contribution in [0.15, 0.2) is 18.3 Å². The topological polar surface area (TPSA) is 42.8 Å². The van der Waals surface area contributed by atoms with Gasteiger partial charge in [-0.25, -0.2) is 0 Å². The van der Waals surface area contributed by atoms with Crippen molar-refractivity contribution < 1.29 is 0 Å². The first-order chi connectivity index (χ1) is 8.16. The molecule has 1 rings (SSSR count). The zero-order valence-electron chi connectivity index (χ0n) is 11.2. The number of rotatable bonds is 7. The van der Waals surface area contributed by atoms with Crippen LogP contribution in [0.3, 0.4) is 0 Å². The third kappa shape index (κ3) is 3.61. The first-order valence-corrected chi connectivity index (χ1v) is 6.45. The van der Waals surface area contributed by atoms with Crippen molar-refractivity contribution in [3.63, 3.8) is 0 Å². The average molecular weight is 233 g/mol. The average Bonchev–Trinajstić information content (AvgIpc) is 2.81. The predicted molar refractivity (Wildman–Crippen MR) is 70.7 cm³/mol. The van der Waals surface area contributed by atoms with E-state index in [0.717, 1.165) is 38.0 Å². The lowest BCUT2D eigenvalue weighted by atomic mass is 9.94. The zero-order valence-corrected chi connectivity index (χ0v) is 11.2. The molecule has 0 bridgehead atoms. The van der Waals surface area contributed by atoms with Gasteiger partial charge in [0.25, 0.3) is 0 Å². The van der Waals surface area contributed by atoms with Gasteiger partial charge in [-0.1, -0.05) is 13.8 Å². The van der Waals surface area contributed by atoms with Crippen molar-refractivity contribution in [1.82, 2.24) is 9.88 Å². The second-order valence-electron chi connectivity index (χ2n) is 4.74. The van der Waals surface area contributed by atoms with E-state index < -0.39 is 5.54 Å². The molecule has 0 aliphatic carbocycles. The van der Waals surface area contributed by atoms with E-state index in [2.05, 4.69) is 29.8 Å². The van der Waals surface area contributed by atoms with Crippen molar-refractivity contribution in [3.05, 3.63) is 24.0 Å². The zero-order chi connectivity index (χ0) is 12.7. The van der Waals surface area contributed by atoms with Crippen LogP contribution in [0.4, 0.5) is 0 Å². The lowest BCUT2D eigenvalue weighted by molar-refractivity contribution is 0.150. The monoisotopic (exact) mass is 233 g/mol. The number of hydrogen-bond donors (Lipinski definition) is 1. The van der Waals surface area contributed by atoms with Crippen LogP contribution in [-0.4, -0.2) is 28.5 Å². The number of nitrogens with one attached hydrogen (secondary N) is 1. The second-order valence-corrected chi connectivity index (χ2v) is 4.74. The highest BCUT2D eigenvalue weighted by Crippen LogP contribution is 2.20. The third-order valence-corrected chi connectivity index (χ3v) is 3.12. The minimum atomic E-state index is -0.406. The van der Waals surface area contributed by atoms with Crippen molar-refractivity contribution in [3.8, 4) is 6.07 Å². The molecule has 1 aromatic heterocycles. The van der Waals surface area contributed by atoms with Crippen LogP contribution in [0.5, 0.6) is 0 Å². The molecule has 0 fully saturated rings. The van der Waals surface area contributed by atoms with Crippen LogP contribution in [0.25, 0.3) is 0 Å². The maximum absolute atomic E-state index is 9.50. The molecule has 0 spiro atoms. The van der Waals surface area contributed by atoms with Crippen LogP contribution in [-0.2, 0) is 6.42 Å². The molecule has 1 heterocycles. The molecule has 0 saturated heterocycles. The third-order valence-electron chi connectivity index (χ3n) is 3.12. The van der Waals surface area contributed by atoms with Crippen molar-refractivity contribution >= 4 is 0 Å². The van der Waals surface area contributed by atoms with Gasteiger partial charge in [0.15, 0.2) is 0 Å². The minimum Gasteiger partial charge on any atom is -0.365 e. The molecule has 0 aromatic carbocycles. The van der Waals surface area contributed by atoms with Gasteiger partial charge in [-0.2, -0.15) is 5.26 Å². The highest BCUT2D eigenvalue weighted by atomic mass is 15.2. The summed E-state index contributed by atoms with van der Waals surface area (Å²) in [5, 5.41) is 9.50. The van der Waals surface area contributed by atoms with Crippen LogP contribution in [0, 0.1) is 11.3 Å². The molecule has 0 radical (unpaired) electrons. The molecule has 0 amide bonds. The molecule has 94 valence electrons. The van der Waals surface area contributed by atoms with E-state index >= 15 is 0 Å². The number of hydrogen-bond acceptors (Lipinski definition) is 2. The van der Waals surface area contributed by atoms with Gasteiger partial charge < -0.3 is 4.98 Å². The van der Waals surface area contributed by atoms with E-state index in [0.29, 0.717) is 0 Å². The summed E-state index contributed by atoms with van der Waals surface area (Å²) in [7, 11) is 0. The Morgan fingerprint density at radius 2 is 2.00 bits per heavy atom. The van der Waals surface area contributed by atoms with Crippen LogP contribution >= 0.6 is 0 Å². The number of nitrogens with zero attached hydrogens (tertiary/aromatic N) is 2. The number of aromatic nitrogens is 1. The van der Waals surface area contributed by atoms with Crippen LogP contribution < -0.4 is 0 Å². The molecule has 0 aliphatic rings. The van der Waals surface area contributed by atoms with Gasteiger partial charge in [-0.3, -0.25) is 4.90 Å². The fraction of sp³-hybridized carbons (Fsp3) is 0.643. The Balaban J connectivity index is 2.80. The van der Waals surface area contributed by atoms with Crippen LogP contribution in [0.2, 0.25) is 0 Å². The number of nitriles is 1. The smallest absolute Gasteiger partial charge is 0.111 e. The summed E-state index contributed by atoms with van der Waals surface area (Å²) < 4.78 is 0. The van der Waals surface area contributed by atoms with E-state index in [9.17, 15) is 5.26 Å². The summed E-state index contributed by atoms with van der Waals surface area (Å²) in [6.07, 6.45) is 4.84. The molecule has 1 aromatic rings. The van der Waals surface area contributed by atoms with Crippen molar-refractivity contribution in [2.45, 2.75) is 45.6 Å². The van der Waals surface area contributed by atoms with Gasteiger partial charge in [0.2, 0.25) is 0 Å². The largest absolute Gasteiger partial charge is 0.365 e. The van der Waals surface area contributed by atoms with Crippen molar-refractivity contribution in [2.24, 2.45) is 0 Å². The Labute approximate surface area is 104 Å². The Hall–Kier alpha value is -1.27. The minimum absolute atomic E-state index is 0.406. The van der Waals surface area contributed by atoms with Gasteiger partial charge in [0.05, 0.1) is 6.07 Å².